The number of nitrogens with zero attached hydrogens (tertiary/aromatic N) is 3. The summed E-state index contributed by atoms with van der Waals surface area (Å²) >= 11 is 6.05. The number of benzene rings is 2. The highest BCUT2D eigenvalue weighted by molar-refractivity contribution is 6.30. The molecular weight excluding hydrogens is 412 g/mol. The van der Waals surface area contributed by atoms with Gasteiger partial charge in [-0.05, 0) is 55.1 Å². The van der Waals surface area contributed by atoms with Crippen molar-refractivity contribution in [2.75, 3.05) is 18.4 Å². The molecule has 31 heavy (non-hydrogen) atoms. The summed E-state index contributed by atoms with van der Waals surface area (Å²) in [6.07, 6.45) is 1.84. The zero-order valence-electron chi connectivity index (χ0n) is 17.8. The number of anilines is 1. The lowest BCUT2D eigenvalue weighted by Gasteiger charge is -2.30. The van der Waals surface area contributed by atoms with E-state index in [1.54, 1.807) is 0 Å². The smallest absolute Gasteiger partial charge is 0.241 e. The van der Waals surface area contributed by atoms with Crippen molar-refractivity contribution < 1.29 is 9.32 Å². The lowest BCUT2D eigenvalue weighted by molar-refractivity contribution is -0.121. The van der Waals surface area contributed by atoms with E-state index in [2.05, 4.69) is 46.3 Å². The molecule has 1 aliphatic rings. The molecular formula is C24H27ClN4O2. The maximum Gasteiger partial charge on any atom is 0.241 e. The minimum absolute atomic E-state index is 0.0613. The van der Waals surface area contributed by atoms with Crippen molar-refractivity contribution in [2.24, 2.45) is 5.92 Å². The number of hydrogen-bond donors (Lipinski definition) is 1. The molecule has 1 unspecified atom stereocenters. The molecule has 0 bridgehead atoms. The molecule has 7 heteroatoms. The van der Waals surface area contributed by atoms with Crippen LogP contribution in [0, 0.1) is 5.92 Å². The monoisotopic (exact) mass is 438 g/mol. The third kappa shape index (κ3) is 5.51. The molecule has 3 aromatic rings. The molecule has 1 fully saturated rings. The van der Waals surface area contributed by atoms with Crippen LogP contribution < -0.4 is 5.32 Å². The average Bonchev–Trinajstić information content (AvgIpc) is 3.23. The number of carbonyl (C=O) groups excluding carboxylic acids is 1. The molecule has 2 aromatic carbocycles. The molecule has 162 valence electrons. The third-order valence-corrected chi connectivity index (χ3v) is 5.87. The second kappa shape index (κ2) is 9.62. The first kappa shape index (κ1) is 21.5. The zero-order chi connectivity index (χ0) is 21.8. The first-order chi connectivity index (χ1) is 15.0. The van der Waals surface area contributed by atoms with Gasteiger partial charge in [0.1, 0.15) is 0 Å². The van der Waals surface area contributed by atoms with Crippen molar-refractivity contribution in [1.29, 1.82) is 0 Å². The van der Waals surface area contributed by atoms with E-state index in [-0.39, 0.29) is 11.8 Å². The highest BCUT2D eigenvalue weighted by Crippen LogP contribution is 2.23. The number of carbonyl (C=O) groups is 1. The molecule has 0 aliphatic carbocycles. The molecule has 1 saturated heterocycles. The van der Waals surface area contributed by atoms with E-state index in [1.807, 2.05) is 36.4 Å². The van der Waals surface area contributed by atoms with Gasteiger partial charge in [-0.25, -0.2) is 0 Å². The second-order valence-corrected chi connectivity index (χ2v) is 8.80. The van der Waals surface area contributed by atoms with Crippen LogP contribution in [0.4, 0.5) is 5.69 Å². The predicted molar refractivity (Wildman–Crippen MR) is 122 cm³/mol. The largest absolute Gasteiger partial charge is 0.338 e. The summed E-state index contributed by atoms with van der Waals surface area (Å²) in [6, 6.07) is 15.5. The molecule has 1 aliphatic heterocycles. The molecule has 4 rings (SSSR count). The Labute approximate surface area is 187 Å². The van der Waals surface area contributed by atoms with Crippen molar-refractivity contribution in [2.45, 2.75) is 39.2 Å². The molecule has 1 amide bonds. The van der Waals surface area contributed by atoms with Crippen molar-refractivity contribution in [1.82, 2.24) is 15.0 Å². The molecule has 0 saturated carbocycles. The van der Waals surface area contributed by atoms with Gasteiger partial charge < -0.3 is 9.84 Å². The Kier molecular flexibility index (Phi) is 6.68. The van der Waals surface area contributed by atoms with Crippen LogP contribution in [0.15, 0.2) is 53.1 Å². The predicted octanol–water partition coefficient (Wildman–Crippen LogP) is 5.36. The summed E-state index contributed by atoms with van der Waals surface area (Å²) in [4.78, 5) is 19.5. The first-order valence-electron chi connectivity index (χ1n) is 10.7. The maximum atomic E-state index is 12.8. The summed E-state index contributed by atoms with van der Waals surface area (Å²) in [6.45, 7) is 6.42. The number of halogens is 1. The number of rotatable bonds is 6. The quantitative estimate of drug-likeness (QED) is 0.560. The fourth-order valence-corrected chi connectivity index (χ4v) is 4.05. The molecule has 6 nitrogen and oxygen atoms in total. The van der Waals surface area contributed by atoms with E-state index in [9.17, 15) is 4.79 Å². The third-order valence-electron chi connectivity index (χ3n) is 5.63. The van der Waals surface area contributed by atoms with Gasteiger partial charge in [-0.3, -0.25) is 9.69 Å². The highest BCUT2D eigenvalue weighted by atomic mass is 35.5. The molecule has 1 atom stereocenters. The van der Waals surface area contributed by atoms with E-state index in [0.29, 0.717) is 35.7 Å². The van der Waals surface area contributed by atoms with Crippen LogP contribution in [0.25, 0.3) is 11.4 Å². The second-order valence-electron chi connectivity index (χ2n) is 8.36. The van der Waals surface area contributed by atoms with Crippen molar-refractivity contribution in [3.63, 3.8) is 0 Å². The van der Waals surface area contributed by atoms with Gasteiger partial charge >= 0.3 is 0 Å². The molecule has 1 aromatic heterocycles. The Hall–Kier alpha value is -2.70. The SMILES string of the molecule is CC(C)c1ccc(NC(=O)C2CCCN(Cc3nc(-c4cccc(Cl)c4)no3)C2)cc1. The van der Waals surface area contributed by atoms with Gasteiger partial charge in [-0.15, -0.1) is 0 Å². The van der Waals surface area contributed by atoms with Crippen LogP contribution in [-0.4, -0.2) is 34.0 Å². The van der Waals surface area contributed by atoms with Crippen LogP contribution in [0.3, 0.4) is 0 Å². The summed E-state index contributed by atoms with van der Waals surface area (Å²) in [5.74, 6) is 1.54. The minimum Gasteiger partial charge on any atom is -0.338 e. The summed E-state index contributed by atoms with van der Waals surface area (Å²) in [5.41, 5.74) is 2.93. The first-order valence-corrected chi connectivity index (χ1v) is 11.1. The lowest BCUT2D eigenvalue weighted by Crippen LogP contribution is -2.40. The standard InChI is InChI=1S/C24H27ClN4O2/c1-16(2)17-8-10-21(11-9-17)26-24(30)19-6-4-12-29(14-19)15-22-27-23(28-31-22)18-5-3-7-20(25)13-18/h3,5,7-11,13,16,19H,4,6,12,14-15H2,1-2H3,(H,26,30). The Morgan fingerprint density at radius 1 is 1.26 bits per heavy atom. The molecule has 2 heterocycles. The van der Waals surface area contributed by atoms with Crippen LogP contribution >= 0.6 is 11.6 Å². The van der Waals surface area contributed by atoms with Crippen molar-refractivity contribution in [3.8, 4) is 11.4 Å². The van der Waals surface area contributed by atoms with Gasteiger partial charge in [0.2, 0.25) is 17.6 Å². The van der Waals surface area contributed by atoms with E-state index in [4.69, 9.17) is 16.1 Å². The summed E-state index contributed by atoms with van der Waals surface area (Å²) in [7, 11) is 0. The van der Waals surface area contributed by atoms with Crippen LogP contribution in [0.1, 0.15) is 44.1 Å². The zero-order valence-corrected chi connectivity index (χ0v) is 18.6. The fourth-order valence-electron chi connectivity index (χ4n) is 3.86. The molecule has 0 spiro atoms. The lowest BCUT2D eigenvalue weighted by atomic mass is 9.97. The number of likely N-dealkylation sites (tertiary alicyclic amines) is 1. The fraction of sp³-hybridized carbons (Fsp3) is 0.375. The van der Waals surface area contributed by atoms with E-state index in [1.165, 1.54) is 5.56 Å². The van der Waals surface area contributed by atoms with Crippen LogP contribution in [-0.2, 0) is 11.3 Å². The maximum absolute atomic E-state index is 12.8. The normalized spacial score (nSPS) is 17.1. The van der Waals surface area contributed by atoms with Gasteiger partial charge in [0.15, 0.2) is 0 Å². The van der Waals surface area contributed by atoms with Crippen LogP contribution in [0.2, 0.25) is 5.02 Å². The Bertz CT molecular complexity index is 1030. The van der Waals surface area contributed by atoms with Gasteiger partial charge in [0.05, 0.1) is 12.5 Å². The Morgan fingerprint density at radius 2 is 2.06 bits per heavy atom. The number of nitrogens with one attached hydrogen (secondary N) is 1. The number of amides is 1. The van der Waals surface area contributed by atoms with E-state index >= 15 is 0 Å². The van der Waals surface area contributed by atoms with Crippen LogP contribution in [0.5, 0.6) is 0 Å². The van der Waals surface area contributed by atoms with Gasteiger partial charge in [-0.1, -0.05) is 54.9 Å². The average molecular weight is 439 g/mol. The topological polar surface area (TPSA) is 71.3 Å². The molecule has 0 radical (unpaired) electrons. The molecule has 1 N–H and O–H groups in total. The minimum atomic E-state index is -0.0613. The van der Waals surface area contributed by atoms with E-state index in [0.717, 1.165) is 30.6 Å². The van der Waals surface area contributed by atoms with E-state index < -0.39 is 0 Å². The summed E-state index contributed by atoms with van der Waals surface area (Å²) in [5, 5.41) is 7.77. The van der Waals surface area contributed by atoms with Crippen molar-refractivity contribution >= 4 is 23.2 Å². The van der Waals surface area contributed by atoms with Crippen molar-refractivity contribution in [3.05, 3.63) is 65.0 Å². The Morgan fingerprint density at radius 3 is 2.81 bits per heavy atom. The number of aromatic nitrogens is 2. The van der Waals surface area contributed by atoms with Gasteiger partial charge in [-0.2, -0.15) is 4.98 Å². The Balaban J connectivity index is 1.34. The van der Waals surface area contributed by atoms with Gasteiger partial charge in [0, 0.05) is 22.8 Å². The number of piperidine rings is 1. The number of hydrogen-bond acceptors (Lipinski definition) is 5. The summed E-state index contributed by atoms with van der Waals surface area (Å²) < 4.78 is 5.44. The highest BCUT2D eigenvalue weighted by Gasteiger charge is 2.27. The van der Waals surface area contributed by atoms with Gasteiger partial charge in [0.25, 0.3) is 0 Å².